The summed E-state index contributed by atoms with van der Waals surface area (Å²) in [5, 5.41) is -0.121. The van der Waals surface area contributed by atoms with Gasteiger partial charge in [0.25, 0.3) is 0 Å². The van der Waals surface area contributed by atoms with E-state index in [2.05, 4.69) is 15.9 Å². The third kappa shape index (κ3) is 8.02. The van der Waals surface area contributed by atoms with E-state index in [9.17, 15) is 49.1 Å². The van der Waals surface area contributed by atoms with Gasteiger partial charge in [-0.2, -0.15) is 39.5 Å². The van der Waals surface area contributed by atoms with Crippen LogP contribution in [0.3, 0.4) is 0 Å². The van der Waals surface area contributed by atoms with E-state index in [1.165, 1.54) is 6.07 Å². The quantitative estimate of drug-likeness (QED) is 0.206. The molecule has 2 aromatic rings. The second kappa shape index (κ2) is 11.6. The first-order chi connectivity index (χ1) is 18.6. The predicted molar refractivity (Wildman–Crippen MR) is 133 cm³/mol. The van der Waals surface area contributed by atoms with Gasteiger partial charge in [0.05, 0.1) is 16.0 Å². The number of Topliss-reactive ketones (excluding diaryl/α,β-unsaturated/α-hetero) is 1. The Bertz CT molecular complexity index is 1360. The van der Waals surface area contributed by atoms with Crippen molar-refractivity contribution in [3.8, 4) is 0 Å². The molecule has 0 aliphatic heterocycles. The second-order valence-corrected chi connectivity index (χ2v) is 10.9. The normalized spacial score (nSPS) is 16.4. The maximum atomic E-state index is 15.0. The first kappa shape index (κ1) is 32.9. The Balaban J connectivity index is 1.95. The maximum Gasteiger partial charge on any atom is 0.417 e. The first-order valence-electron chi connectivity index (χ1n) is 11.6. The molecule has 0 heterocycles. The molecule has 1 unspecified atom stereocenters. The lowest BCUT2D eigenvalue weighted by molar-refractivity contribution is -0.161. The molecule has 1 fully saturated rings. The number of halogens is 12. The number of nitrogens with zero attached hydrogens (tertiary/aromatic N) is 1. The number of hydrogen-bond donors (Lipinski definition) is 0. The Morgan fingerprint density at radius 3 is 2.12 bits per heavy atom. The molecule has 0 bridgehead atoms. The smallest absolute Gasteiger partial charge is 0.336 e. The average Bonchev–Trinajstić information content (AvgIpc) is 3.61. The summed E-state index contributed by atoms with van der Waals surface area (Å²) in [6, 6.07) is 4.50. The van der Waals surface area contributed by atoms with Gasteiger partial charge in [-0.1, -0.05) is 29.8 Å². The van der Waals surface area contributed by atoms with Crippen LogP contribution in [0, 0.1) is 5.41 Å². The number of alkyl halides is 9. The molecule has 1 amide bonds. The Kier molecular flexibility index (Phi) is 9.29. The fourth-order valence-corrected chi connectivity index (χ4v) is 4.70. The molecular formula is C26H19BrClF10NO2. The molecule has 41 heavy (non-hydrogen) atoms. The minimum Gasteiger partial charge on any atom is -0.336 e. The molecule has 3 rings (SSSR count). The summed E-state index contributed by atoms with van der Waals surface area (Å²) in [5.74, 6) is -6.55. The average molecular weight is 683 g/mol. The molecule has 0 N–H and O–H groups in total. The third-order valence-electron chi connectivity index (χ3n) is 6.44. The Labute approximate surface area is 240 Å². The number of rotatable bonds is 8. The molecule has 0 spiro atoms. The summed E-state index contributed by atoms with van der Waals surface area (Å²) in [6.07, 6.45) is -15.9. The Morgan fingerprint density at radius 1 is 1.02 bits per heavy atom. The second-order valence-electron chi connectivity index (χ2n) is 9.62. The van der Waals surface area contributed by atoms with Crippen molar-refractivity contribution < 1.29 is 53.5 Å². The molecule has 1 aliphatic rings. The van der Waals surface area contributed by atoms with E-state index in [0.29, 0.717) is 17.0 Å². The van der Waals surface area contributed by atoms with Gasteiger partial charge in [0.15, 0.2) is 5.78 Å². The lowest BCUT2D eigenvalue weighted by Crippen LogP contribution is -2.41. The van der Waals surface area contributed by atoms with Gasteiger partial charge in [-0.15, -0.1) is 0 Å². The van der Waals surface area contributed by atoms with Crippen LogP contribution in [-0.2, 0) is 11.0 Å². The van der Waals surface area contributed by atoms with Crippen molar-refractivity contribution in [1.29, 1.82) is 0 Å². The number of carbonyl (C=O) groups is 2. The minimum absolute atomic E-state index is 0.0323. The van der Waals surface area contributed by atoms with Crippen LogP contribution in [0.4, 0.5) is 43.9 Å². The van der Waals surface area contributed by atoms with Gasteiger partial charge >= 0.3 is 18.5 Å². The van der Waals surface area contributed by atoms with E-state index in [4.69, 9.17) is 11.6 Å². The zero-order chi connectivity index (χ0) is 31.1. The Hall–Kier alpha value is -2.61. The van der Waals surface area contributed by atoms with E-state index in [1.807, 2.05) is 0 Å². The van der Waals surface area contributed by atoms with Crippen molar-refractivity contribution in [3.63, 3.8) is 0 Å². The highest BCUT2D eigenvalue weighted by Crippen LogP contribution is 2.51. The maximum absolute atomic E-state index is 15.0. The van der Waals surface area contributed by atoms with Crippen LogP contribution >= 0.6 is 27.5 Å². The van der Waals surface area contributed by atoms with Gasteiger partial charge in [0, 0.05) is 29.1 Å². The van der Waals surface area contributed by atoms with E-state index in [0.717, 1.165) is 19.2 Å². The SMILES string of the molecule is CN(CC(F)(F)F)C(=O)C1(CC(=O)c2ccc(/C(F)=C/C(c3ccc(Br)c(Cl)c3)C(F)(F)F)cc2C(F)(F)F)CC1. The number of amides is 1. The summed E-state index contributed by atoms with van der Waals surface area (Å²) in [7, 11) is 0.849. The predicted octanol–water partition coefficient (Wildman–Crippen LogP) is 9.15. The van der Waals surface area contributed by atoms with Gasteiger partial charge in [-0.05, 0) is 58.6 Å². The third-order valence-corrected chi connectivity index (χ3v) is 7.67. The molecular weight excluding hydrogens is 664 g/mol. The van der Waals surface area contributed by atoms with Gasteiger partial charge < -0.3 is 4.90 Å². The topological polar surface area (TPSA) is 37.4 Å². The monoisotopic (exact) mass is 681 g/mol. The molecule has 15 heteroatoms. The number of ketones is 1. The van der Waals surface area contributed by atoms with Crippen LogP contribution in [0.5, 0.6) is 0 Å². The molecule has 0 aromatic heterocycles. The van der Waals surface area contributed by atoms with Gasteiger partial charge in [-0.25, -0.2) is 4.39 Å². The van der Waals surface area contributed by atoms with Crippen LogP contribution < -0.4 is 0 Å². The van der Waals surface area contributed by atoms with E-state index < -0.39 is 82.6 Å². The summed E-state index contributed by atoms with van der Waals surface area (Å²) in [4.78, 5) is 25.7. The van der Waals surface area contributed by atoms with Crippen molar-refractivity contribution >= 4 is 45.0 Å². The summed E-state index contributed by atoms with van der Waals surface area (Å²) in [6.45, 7) is -1.62. The van der Waals surface area contributed by atoms with Crippen LogP contribution in [0.25, 0.3) is 5.83 Å². The standard InChI is InChI=1S/C26H19BrClF10NO2/c1-39(12-24(30,31)32)22(41)23(6-7-23)11-21(40)15-4-2-14(8-17(15)26(36,37)38)20(29)10-16(25(33,34)35)13-3-5-18(27)19(28)9-13/h2-5,8-10,16H,6-7,11-12H2,1H3/b20-10-. The molecule has 2 aromatic carbocycles. The minimum atomic E-state index is -5.27. The largest absolute Gasteiger partial charge is 0.417 e. The van der Waals surface area contributed by atoms with Crippen LogP contribution in [0.2, 0.25) is 5.02 Å². The van der Waals surface area contributed by atoms with Gasteiger partial charge in [-0.3, -0.25) is 9.59 Å². The first-order valence-corrected chi connectivity index (χ1v) is 12.8. The summed E-state index contributed by atoms with van der Waals surface area (Å²) < 4.78 is 136. The molecule has 0 saturated heterocycles. The fourth-order valence-electron chi connectivity index (χ4n) is 4.26. The zero-order valence-electron chi connectivity index (χ0n) is 20.7. The van der Waals surface area contributed by atoms with Crippen molar-refractivity contribution in [3.05, 3.63) is 74.2 Å². The highest BCUT2D eigenvalue weighted by Gasteiger charge is 2.54. The number of hydrogen-bond acceptors (Lipinski definition) is 2. The van der Waals surface area contributed by atoms with Crippen LogP contribution in [0.15, 0.2) is 46.9 Å². The summed E-state index contributed by atoms with van der Waals surface area (Å²) in [5.41, 5.74) is -5.69. The molecule has 224 valence electrons. The van der Waals surface area contributed by atoms with Crippen molar-refractivity contribution in [2.45, 2.75) is 43.7 Å². The zero-order valence-corrected chi connectivity index (χ0v) is 23.1. The molecule has 1 atom stereocenters. The highest BCUT2D eigenvalue weighted by atomic mass is 79.9. The van der Waals surface area contributed by atoms with E-state index >= 15 is 4.39 Å². The van der Waals surface area contributed by atoms with E-state index in [1.54, 1.807) is 0 Å². The Morgan fingerprint density at radius 2 is 1.63 bits per heavy atom. The number of allylic oxidation sites excluding steroid dienone is 1. The van der Waals surface area contributed by atoms with E-state index in [-0.39, 0.29) is 34.5 Å². The number of carbonyl (C=O) groups excluding carboxylic acids is 2. The molecule has 1 saturated carbocycles. The molecule has 1 aliphatic carbocycles. The number of benzene rings is 2. The van der Waals surface area contributed by atoms with Crippen molar-refractivity contribution in [2.24, 2.45) is 5.41 Å². The molecule has 3 nitrogen and oxygen atoms in total. The lowest BCUT2D eigenvalue weighted by Gasteiger charge is -2.24. The fraction of sp³-hybridized carbons (Fsp3) is 0.385. The van der Waals surface area contributed by atoms with Crippen LogP contribution in [-0.4, -0.2) is 42.5 Å². The summed E-state index contributed by atoms with van der Waals surface area (Å²) >= 11 is 8.84. The lowest BCUT2D eigenvalue weighted by atomic mass is 9.90. The van der Waals surface area contributed by atoms with Gasteiger partial charge in [0.2, 0.25) is 5.91 Å². The van der Waals surface area contributed by atoms with Crippen molar-refractivity contribution in [1.82, 2.24) is 4.90 Å². The highest BCUT2D eigenvalue weighted by molar-refractivity contribution is 9.10. The molecule has 0 radical (unpaired) electrons. The van der Waals surface area contributed by atoms with Crippen LogP contribution in [0.1, 0.15) is 52.2 Å². The van der Waals surface area contributed by atoms with Gasteiger partial charge in [0.1, 0.15) is 18.3 Å². The van der Waals surface area contributed by atoms with Crippen molar-refractivity contribution in [2.75, 3.05) is 13.6 Å².